The summed E-state index contributed by atoms with van der Waals surface area (Å²) < 4.78 is 0. The molecule has 4 nitrogen and oxygen atoms in total. The molecular formula is C5H10O4Sr. The van der Waals surface area contributed by atoms with E-state index in [-0.39, 0.29) is 51.9 Å². The van der Waals surface area contributed by atoms with Crippen molar-refractivity contribution in [1.29, 1.82) is 0 Å². The van der Waals surface area contributed by atoms with E-state index in [0.717, 1.165) is 0 Å². The number of carboxylic acids is 2. The number of hydrogen-bond donors (Lipinski definition) is 2. The summed E-state index contributed by atoms with van der Waals surface area (Å²) in [5.74, 6) is -3.79. The van der Waals surface area contributed by atoms with Gasteiger partial charge in [0.15, 0.2) is 5.92 Å². The molecule has 56 valence electrons. The molecule has 0 aromatic rings. The Labute approximate surface area is 95.5 Å². The fourth-order valence-electron chi connectivity index (χ4n) is 0.455. The monoisotopic (exact) mass is 222 g/mol. The number of hydrogen-bond acceptors (Lipinski definition) is 2. The van der Waals surface area contributed by atoms with Gasteiger partial charge in [-0.2, -0.15) is 0 Å². The van der Waals surface area contributed by atoms with Crippen LogP contribution in [0.4, 0.5) is 0 Å². The third-order valence-corrected chi connectivity index (χ3v) is 1.00. The van der Waals surface area contributed by atoms with Gasteiger partial charge in [0.2, 0.25) is 0 Å². The maximum atomic E-state index is 9.99. The molecule has 0 saturated heterocycles. The molecule has 0 bridgehead atoms. The fraction of sp³-hybridized carbons (Fsp3) is 0.600. The Hall–Kier alpha value is 0.421. The zero-order valence-corrected chi connectivity index (χ0v) is 5.00. The Morgan fingerprint density at radius 1 is 1.30 bits per heavy atom. The molecule has 0 aliphatic heterocycles. The maximum absolute atomic E-state index is 9.99. The van der Waals surface area contributed by atoms with E-state index in [4.69, 9.17) is 10.2 Å². The van der Waals surface area contributed by atoms with E-state index >= 15 is 0 Å². The van der Waals surface area contributed by atoms with Crippen molar-refractivity contribution in [3.63, 3.8) is 0 Å². The Kier molecular flexibility index (Phi) is 8.02. The van der Waals surface area contributed by atoms with Crippen molar-refractivity contribution in [2.45, 2.75) is 13.3 Å². The Morgan fingerprint density at radius 3 is 1.60 bits per heavy atom. The minimum atomic E-state index is -1.27. The van der Waals surface area contributed by atoms with E-state index in [1.54, 1.807) is 0 Å². The molecule has 0 heterocycles. The van der Waals surface area contributed by atoms with Gasteiger partial charge in [-0.15, -0.1) is 0 Å². The van der Waals surface area contributed by atoms with Crippen LogP contribution in [0.15, 0.2) is 0 Å². The van der Waals surface area contributed by atoms with Gasteiger partial charge in [0.25, 0.3) is 0 Å². The van der Waals surface area contributed by atoms with Crippen LogP contribution in [0.1, 0.15) is 13.3 Å². The van der Waals surface area contributed by atoms with Crippen LogP contribution in [0, 0.1) is 5.92 Å². The third kappa shape index (κ3) is 4.27. The molecule has 0 atom stereocenters. The summed E-state index contributed by atoms with van der Waals surface area (Å²) in [5.41, 5.74) is 0. The van der Waals surface area contributed by atoms with E-state index in [0.29, 0.717) is 0 Å². The summed E-state index contributed by atoms with van der Waals surface area (Å²) in [6, 6.07) is 0. The molecule has 0 spiro atoms. The molecule has 2 N–H and O–H groups in total. The van der Waals surface area contributed by atoms with Crippen LogP contribution in [-0.4, -0.2) is 67.6 Å². The summed E-state index contributed by atoms with van der Waals surface area (Å²) in [5, 5.41) is 16.3. The molecule has 0 aliphatic rings. The van der Waals surface area contributed by atoms with Crippen molar-refractivity contribution in [1.82, 2.24) is 0 Å². The molecule has 5 heteroatoms. The first-order valence-corrected chi connectivity index (χ1v) is 2.55. The van der Waals surface area contributed by atoms with E-state index in [9.17, 15) is 9.59 Å². The Bertz CT molecular complexity index is 120. The molecule has 0 aromatic carbocycles. The van der Waals surface area contributed by atoms with Crippen molar-refractivity contribution in [2.24, 2.45) is 5.92 Å². The molecule has 0 rings (SSSR count). The quantitative estimate of drug-likeness (QED) is 0.487. The summed E-state index contributed by atoms with van der Waals surface area (Å²) in [6.07, 6.45) is 0.130. The second-order valence-electron chi connectivity index (χ2n) is 1.64. The second-order valence-corrected chi connectivity index (χ2v) is 1.64. The predicted molar refractivity (Wildman–Crippen MR) is 37.6 cm³/mol. The first kappa shape index (κ1) is 13.0. The van der Waals surface area contributed by atoms with Gasteiger partial charge in [0.1, 0.15) is 0 Å². The predicted octanol–water partition coefficient (Wildman–Crippen LogP) is -0.734. The Balaban J connectivity index is 0. The zero-order chi connectivity index (χ0) is 7.44. The van der Waals surface area contributed by atoms with Gasteiger partial charge >= 0.3 is 57.4 Å². The van der Waals surface area contributed by atoms with Crippen LogP contribution in [0.3, 0.4) is 0 Å². The van der Waals surface area contributed by atoms with E-state index < -0.39 is 17.9 Å². The van der Waals surface area contributed by atoms with Crippen LogP contribution >= 0.6 is 0 Å². The van der Waals surface area contributed by atoms with Crippen molar-refractivity contribution in [3.05, 3.63) is 0 Å². The molecule has 0 aliphatic carbocycles. The third-order valence-electron chi connectivity index (χ3n) is 1.00. The topological polar surface area (TPSA) is 74.6 Å². The summed E-state index contributed by atoms with van der Waals surface area (Å²) in [7, 11) is 0. The van der Waals surface area contributed by atoms with E-state index in [1.807, 2.05) is 0 Å². The van der Waals surface area contributed by atoms with Gasteiger partial charge in [-0.1, -0.05) is 6.92 Å². The van der Waals surface area contributed by atoms with Gasteiger partial charge in [0.05, 0.1) is 0 Å². The van der Waals surface area contributed by atoms with Crippen LogP contribution in [0.5, 0.6) is 0 Å². The molecule has 0 saturated carbocycles. The number of carboxylic acid groups (broad SMARTS) is 2. The standard InChI is InChI=1S/C5H8O4.Sr.2H/c1-2-3(4(6)7)5(8)9;;;/h3H,2H2,1H3,(H,6,7)(H,8,9);;;. The average molecular weight is 222 g/mol. The molecular weight excluding hydrogens is 212 g/mol. The van der Waals surface area contributed by atoms with Gasteiger partial charge in [-0.3, -0.25) is 9.59 Å². The molecule has 0 amide bonds. The van der Waals surface area contributed by atoms with Gasteiger partial charge in [0, 0.05) is 0 Å². The van der Waals surface area contributed by atoms with Crippen molar-refractivity contribution < 1.29 is 19.8 Å². The first-order chi connectivity index (χ1) is 4.09. The molecule has 0 unspecified atom stereocenters. The van der Waals surface area contributed by atoms with Crippen molar-refractivity contribution >= 4 is 57.4 Å². The minimum absolute atomic E-state index is 0. The second kappa shape index (κ2) is 6.15. The first-order valence-electron chi connectivity index (χ1n) is 2.55. The number of aliphatic carboxylic acids is 2. The van der Waals surface area contributed by atoms with E-state index in [2.05, 4.69) is 0 Å². The van der Waals surface area contributed by atoms with Gasteiger partial charge in [-0.25, -0.2) is 0 Å². The molecule has 10 heavy (non-hydrogen) atoms. The number of rotatable bonds is 3. The van der Waals surface area contributed by atoms with Crippen molar-refractivity contribution in [2.75, 3.05) is 0 Å². The van der Waals surface area contributed by atoms with E-state index in [1.165, 1.54) is 6.92 Å². The van der Waals surface area contributed by atoms with Gasteiger partial charge < -0.3 is 10.2 Å². The summed E-state index contributed by atoms with van der Waals surface area (Å²) in [6.45, 7) is 1.52. The van der Waals surface area contributed by atoms with Crippen molar-refractivity contribution in [3.8, 4) is 0 Å². The summed E-state index contributed by atoms with van der Waals surface area (Å²) >= 11 is 0. The normalized spacial score (nSPS) is 8.60. The zero-order valence-electron chi connectivity index (χ0n) is 5.00. The Morgan fingerprint density at radius 2 is 1.60 bits per heavy atom. The van der Waals surface area contributed by atoms with Crippen LogP contribution in [-0.2, 0) is 9.59 Å². The average Bonchev–Trinajstić information content (AvgIpc) is 1.64. The fourth-order valence-corrected chi connectivity index (χ4v) is 0.455. The molecule has 0 aromatic heterocycles. The molecule has 0 radical (unpaired) electrons. The summed E-state index contributed by atoms with van der Waals surface area (Å²) in [4.78, 5) is 20.0. The molecule has 0 fully saturated rings. The van der Waals surface area contributed by atoms with Crippen LogP contribution < -0.4 is 0 Å². The van der Waals surface area contributed by atoms with Gasteiger partial charge in [-0.05, 0) is 6.42 Å². The SMILES string of the molecule is CCC(C(=O)O)C(=O)O.[SrH2]. The van der Waals surface area contributed by atoms with Crippen LogP contribution in [0.2, 0.25) is 0 Å². The number of carbonyl (C=O) groups is 2. The van der Waals surface area contributed by atoms with Crippen LogP contribution in [0.25, 0.3) is 0 Å².